The molecule has 0 fully saturated rings. The van der Waals surface area contributed by atoms with E-state index in [0.29, 0.717) is 12.2 Å². The summed E-state index contributed by atoms with van der Waals surface area (Å²) in [6.07, 6.45) is 1.50. The number of nitrogens with one attached hydrogen (secondary N) is 1. The molecule has 7 heteroatoms. The van der Waals surface area contributed by atoms with Crippen LogP contribution in [0.5, 0.6) is 0 Å². The number of amides is 1. The van der Waals surface area contributed by atoms with Crippen LogP contribution in [0.2, 0.25) is 0 Å². The largest absolute Gasteiger partial charge is 0.464 e. The van der Waals surface area contributed by atoms with Crippen LogP contribution in [0.3, 0.4) is 0 Å². The second-order valence-electron chi connectivity index (χ2n) is 4.03. The number of carbonyl (C=O) groups excluding carboxylic acids is 2. The summed E-state index contributed by atoms with van der Waals surface area (Å²) in [7, 11) is 0. The maximum absolute atomic E-state index is 11.9. The van der Waals surface area contributed by atoms with E-state index in [9.17, 15) is 9.59 Å². The van der Waals surface area contributed by atoms with E-state index in [-0.39, 0.29) is 24.2 Å². The van der Waals surface area contributed by atoms with Crippen molar-refractivity contribution in [2.24, 2.45) is 0 Å². The number of aromatic nitrogens is 3. The van der Waals surface area contributed by atoms with E-state index in [1.165, 1.54) is 17.8 Å². The molecule has 0 saturated carbocycles. The van der Waals surface area contributed by atoms with Crippen LogP contribution >= 0.6 is 0 Å². The van der Waals surface area contributed by atoms with Crippen molar-refractivity contribution in [3.63, 3.8) is 0 Å². The quantitative estimate of drug-likeness (QED) is 0.825. The number of esters is 1. The van der Waals surface area contributed by atoms with Crippen molar-refractivity contribution in [3.8, 4) is 0 Å². The number of ether oxygens (including phenoxy) is 1. The molecule has 104 valence electrons. The fourth-order valence-corrected chi connectivity index (χ4v) is 1.51. The third kappa shape index (κ3) is 3.91. The minimum absolute atomic E-state index is 0.193. The molecular formula is C13H14N4O3. The highest BCUT2D eigenvalue weighted by molar-refractivity contribution is 6.02. The Morgan fingerprint density at radius 3 is 2.75 bits per heavy atom. The number of hydrogen-bond donors (Lipinski definition) is 1. The van der Waals surface area contributed by atoms with Gasteiger partial charge in [0.1, 0.15) is 6.61 Å². The number of hydrogen-bond acceptors (Lipinski definition) is 5. The maximum atomic E-state index is 11.9. The van der Waals surface area contributed by atoms with Crippen molar-refractivity contribution in [2.75, 3.05) is 11.9 Å². The number of anilines is 1. The van der Waals surface area contributed by atoms with Crippen molar-refractivity contribution < 1.29 is 14.3 Å². The molecule has 0 saturated heterocycles. The van der Waals surface area contributed by atoms with Crippen molar-refractivity contribution >= 4 is 17.6 Å². The van der Waals surface area contributed by atoms with Gasteiger partial charge < -0.3 is 10.1 Å². The first-order valence-electron chi connectivity index (χ1n) is 6.05. The normalized spacial score (nSPS) is 10.1. The van der Waals surface area contributed by atoms with Gasteiger partial charge in [0.15, 0.2) is 5.69 Å². The molecule has 1 aromatic heterocycles. The highest BCUT2D eigenvalue weighted by atomic mass is 16.5. The first-order chi connectivity index (χ1) is 9.65. The molecule has 0 atom stereocenters. The molecule has 2 aromatic rings. The third-order valence-electron chi connectivity index (χ3n) is 2.43. The Hall–Kier alpha value is -2.70. The van der Waals surface area contributed by atoms with E-state index in [0.717, 1.165) is 0 Å². The van der Waals surface area contributed by atoms with Gasteiger partial charge in [-0.15, -0.1) is 5.10 Å². The Bertz CT molecular complexity index is 595. The van der Waals surface area contributed by atoms with Crippen LogP contribution in [0, 0.1) is 0 Å². The van der Waals surface area contributed by atoms with Gasteiger partial charge in [-0.25, -0.2) is 4.68 Å². The SMILES string of the molecule is CC(=O)OCCn1cc(C(=O)Nc2ccccc2)nn1. The molecule has 0 aliphatic rings. The fraction of sp³-hybridized carbons (Fsp3) is 0.231. The number of rotatable bonds is 5. The topological polar surface area (TPSA) is 86.1 Å². The molecule has 1 aromatic carbocycles. The van der Waals surface area contributed by atoms with Crippen LogP contribution in [-0.2, 0) is 16.1 Å². The number of para-hydroxylation sites is 1. The van der Waals surface area contributed by atoms with Crippen LogP contribution in [0.15, 0.2) is 36.5 Å². The fourth-order valence-electron chi connectivity index (χ4n) is 1.51. The van der Waals surface area contributed by atoms with Crippen LogP contribution in [0.25, 0.3) is 0 Å². The lowest BCUT2D eigenvalue weighted by atomic mass is 10.3. The van der Waals surface area contributed by atoms with Crippen LogP contribution in [0.1, 0.15) is 17.4 Å². The predicted molar refractivity (Wildman–Crippen MR) is 71.1 cm³/mol. The standard InChI is InChI=1S/C13H14N4O3/c1-10(18)20-8-7-17-9-12(15-16-17)13(19)14-11-5-3-2-4-6-11/h2-6,9H,7-8H2,1H3,(H,14,19). The number of nitrogens with zero attached hydrogens (tertiary/aromatic N) is 3. The molecule has 7 nitrogen and oxygen atoms in total. The van der Waals surface area contributed by atoms with E-state index >= 15 is 0 Å². The summed E-state index contributed by atoms with van der Waals surface area (Å²) in [5.74, 6) is -0.693. The summed E-state index contributed by atoms with van der Waals surface area (Å²) in [6.45, 7) is 1.88. The molecular weight excluding hydrogens is 260 g/mol. The molecule has 1 amide bonds. The maximum Gasteiger partial charge on any atom is 0.302 e. The first kappa shape index (κ1) is 13.7. The van der Waals surface area contributed by atoms with E-state index in [1.807, 2.05) is 18.2 Å². The first-order valence-corrected chi connectivity index (χ1v) is 6.05. The summed E-state index contributed by atoms with van der Waals surface area (Å²) in [6, 6.07) is 9.07. The molecule has 0 unspecified atom stereocenters. The summed E-state index contributed by atoms with van der Waals surface area (Å²) >= 11 is 0. The molecule has 0 bridgehead atoms. The average molecular weight is 274 g/mol. The van der Waals surface area contributed by atoms with Crippen molar-refractivity contribution in [3.05, 3.63) is 42.2 Å². The van der Waals surface area contributed by atoms with Crippen LogP contribution in [0.4, 0.5) is 5.69 Å². The Labute approximate surface area is 115 Å². The molecule has 1 N–H and O–H groups in total. The Kier molecular flexibility index (Phi) is 4.43. The molecule has 0 spiro atoms. The van der Waals surface area contributed by atoms with E-state index in [4.69, 9.17) is 4.74 Å². The van der Waals surface area contributed by atoms with Crippen molar-refractivity contribution in [1.29, 1.82) is 0 Å². The Balaban J connectivity index is 1.91. The van der Waals surface area contributed by atoms with Gasteiger partial charge in [-0.05, 0) is 12.1 Å². The summed E-state index contributed by atoms with van der Waals surface area (Å²) < 4.78 is 6.23. The van der Waals surface area contributed by atoms with Gasteiger partial charge in [-0.1, -0.05) is 23.4 Å². The highest BCUT2D eigenvalue weighted by Gasteiger charge is 2.10. The van der Waals surface area contributed by atoms with Crippen molar-refractivity contribution in [1.82, 2.24) is 15.0 Å². The average Bonchev–Trinajstić information content (AvgIpc) is 2.88. The minimum atomic E-state index is -0.354. The van der Waals surface area contributed by atoms with Crippen LogP contribution in [-0.4, -0.2) is 33.5 Å². The van der Waals surface area contributed by atoms with E-state index in [1.54, 1.807) is 12.1 Å². The molecule has 0 radical (unpaired) electrons. The van der Waals surface area contributed by atoms with Crippen molar-refractivity contribution in [2.45, 2.75) is 13.5 Å². The van der Waals surface area contributed by atoms with Gasteiger partial charge in [-0.2, -0.15) is 0 Å². The number of benzene rings is 1. The van der Waals surface area contributed by atoms with Gasteiger partial charge in [0.05, 0.1) is 12.7 Å². The second kappa shape index (κ2) is 6.46. The van der Waals surface area contributed by atoms with E-state index in [2.05, 4.69) is 15.6 Å². The van der Waals surface area contributed by atoms with Crippen LogP contribution < -0.4 is 5.32 Å². The lowest BCUT2D eigenvalue weighted by Crippen LogP contribution is -2.12. The summed E-state index contributed by atoms with van der Waals surface area (Å²) in [5.41, 5.74) is 0.892. The molecule has 0 aliphatic heterocycles. The van der Waals surface area contributed by atoms with Gasteiger partial charge in [0.25, 0.3) is 5.91 Å². The highest BCUT2D eigenvalue weighted by Crippen LogP contribution is 2.06. The molecule has 0 aliphatic carbocycles. The molecule has 20 heavy (non-hydrogen) atoms. The summed E-state index contributed by atoms with van der Waals surface area (Å²) in [5, 5.41) is 10.3. The number of carbonyl (C=O) groups is 2. The van der Waals surface area contributed by atoms with Gasteiger partial charge >= 0.3 is 5.97 Å². The second-order valence-corrected chi connectivity index (χ2v) is 4.03. The lowest BCUT2D eigenvalue weighted by molar-refractivity contribution is -0.141. The zero-order valence-electron chi connectivity index (χ0n) is 10.9. The van der Waals surface area contributed by atoms with Gasteiger partial charge in [-0.3, -0.25) is 9.59 Å². The third-order valence-corrected chi connectivity index (χ3v) is 2.43. The lowest BCUT2D eigenvalue weighted by Gasteiger charge is -2.01. The monoisotopic (exact) mass is 274 g/mol. The zero-order chi connectivity index (χ0) is 14.4. The Morgan fingerprint density at radius 1 is 1.30 bits per heavy atom. The molecule has 1 heterocycles. The molecule has 2 rings (SSSR count). The Morgan fingerprint density at radius 2 is 2.05 bits per heavy atom. The minimum Gasteiger partial charge on any atom is -0.464 e. The zero-order valence-corrected chi connectivity index (χ0v) is 10.9. The smallest absolute Gasteiger partial charge is 0.302 e. The summed E-state index contributed by atoms with van der Waals surface area (Å²) in [4.78, 5) is 22.5. The van der Waals surface area contributed by atoms with Gasteiger partial charge in [0, 0.05) is 12.6 Å². The van der Waals surface area contributed by atoms with E-state index < -0.39 is 0 Å². The van der Waals surface area contributed by atoms with Gasteiger partial charge in [0.2, 0.25) is 0 Å². The predicted octanol–water partition coefficient (Wildman–Crippen LogP) is 1.09.